The summed E-state index contributed by atoms with van der Waals surface area (Å²) in [5.41, 5.74) is -19.2. The number of pyridine rings is 1. The summed E-state index contributed by atoms with van der Waals surface area (Å²) < 4.78 is 347. The molecule has 0 aliphatic carbocycles. The van der Waals surface area contributed by atoms with Crippen LogP contribution in [0.3, 0.4) is 0 Å². The Morgan fingerprint density at radius 2 is 0.542 bits per heavy atom. The maximum atomic E-state index is 14.4. The van der Waals surface area contributed by atoms with Crippen molar-refractivity contribution in [2.45, 2.75) is 49.4 Å². The van der Waals surface area contributed by atoms with Crippen LogP contribution in [0.2, 0.25) is 0 Å². The number of benzene rings is 9. The molecule has 12 aromatic rings. The van der Waals surface area contributed by atoms with Crippen molar-refractivity contribution in [3.05, 3.63) is 232 Å². The summed E-state index contributed by atoms with van der Waals surface area (Å²) in [5, 5.41) is 10.5. The van der Waals surface area contributed by atoms with Crippen LogP contribution in [0.15, 0.2) is 182 Å². The Hall–Kier alpha value is -10.5. The number of nitrogens with zero attached hydrogens (tertiary/aromatic N) is 4. The average Bonchev–Trinajstić information content (AvgIpc) is 1.56. The van der Waals surface area contributed by atoms with Crippen molar-refractivity contribution < 1.29 is 105 Å². The smallest absolute Gasteiger partial charge is 0.307 e. The molecule has 0 saturated heterocycles. The molecule has 0 unspecified atom stereocenters. The minimum atomic E-state index is -5.37. The zero-order valence-corrected chi connectivity index (χ0v) is 47.2. The molecule has 9 aromatic carbocycles. The molecule has 3 aromatic heterocycles. The Labute approximate surface area is 521 Å². The standard InChI is InChI=1S/C68H30F24N4/c69-61(70,71)42-13-38(14-43(25-42)62(72,73)74)33-4-8-50-51-9-5-34(39-15-44(63(75,76)77)26-45(16-39)64(78,79)80)22-56(51)95(55(50)21-33)59-31-94-60(29-54(59)37-3-1-2-32(12-37)30-93)96-57-23-35(40-17-46(65(81,82)83)27-47(18-40)66(84,85)86)6-10-52(57)53-11-7-36(24-58(53)96)41-19-48(67(87,88)89)28-49(20-41)68(90,91)92/h1-29,31H. The Bertz CT molecular complexity index is 4800. The van der Waals surface area contributed by atoms with Gasteiger partial charge in [-0.2, -0.15) is 111 Å². The van der Waals surface area contributed by atoms with E-state index in [1.54, 1.807) is 0 Å². The highest BCUT2D eigenvalue weighted by molar-refractivity contribution is 6.13. The van der Waals surface area contributed by atoms with Gasteiger partial charge in [0, 0.05) is 27.1 Å². The number of rotatable bonds is 7. The second-order valence-electron chi connectivity index (χ2n) is 22.0. The number of alkyl halides is 24. The number of fused-ring (bicyclic) bond motifs is 6. The summed E-state index contributed by atoms with van der Waals surface area (Å²) in [6.07, 6.45) is -41.9. The van der Waals surface area contributed by atoms with Gasteiger partial charge in [-0.3, -0.25) is 4.57 Å². The monoisotopic (exact) mass is 1360 g/mol. The summed E-state index contributed by atoms with van der Waals surface area (Å²) >= 11 is 0. The highest BCUT2D eigenvalue weighted by Gasteiger charge is 2.42. The van der Waals surface area contributed by atoms with Crippen molar-refractivity contribution in [1.29, 1.82) is 5.26 Å². The number of hydrogen-bond donors (Lipinski definition) is 0. The third-order valence-electron chi connectivity index (χ3n) is 15.9. The lowest BCUT2D eigenvalue weighted by Crippen LogP contribution is -2.11. The molecule has 0 radical (unpaired) electrons. The second-order valence-corrected chi connectivity index (χ2v) is 22.0. The first kappa shape index (κ1) is 65.6. The van der Waals surface area contributed by atoms with Crippen molar-refractivity contribution in [2.24, 2.45) is 0 Å². The van der Waals surface area contributed by atoms with Gasteiger partial charge in [0.25, 0.3) is 0 Å². The van der Waals surface area contributed by atoms with E-state index in [9.17, 15) is 111 Å². The number of halogens is 24. The van der Waals surface area contributed by atoms with E-state index in [0.717, 1.165) is 59.3 Å². The zero-order valence-electron chi connectivity index (χ0n) is 47.2. The molecule has 0 spiro atoms. The van der Waals surface area contributed by atoms with Gasteiger partial charge in [-0.1, -0.05) is 60.7 Å². The van der Waals surface area contributed by atoms with Crippen LogP contribution in [0.1, 0.15) is 50.1 Å². The highest BCUT2D eigenvalue weighted by Crippen LogP contribution is 2.48. The van der Waals surface area contributed by atoms with Gasteiger partial charge in [0.1, 0.15) is 5.82 Å². The maximum Gasteiger partial charge on any atom is 0.416 e. The number of hydrogen-bond acceptors (Lipinski definition) is 2. The molecule has 0 aliphatic rings. The van der Waals surface area contributed by atoms with Crippen LogP contribution in [-0.4, -0.2) is 14.1 Å². The van der Waals surface area contributed by atoms with E-state index in [-0.39, 0.29) is 118 Å². The predicted octanol–water partition coefficient (Wildman–Crippen LogP) is 23.6. The van der Waals surface area contributed by atoms with Gasteiger partial charge in [-0.05, 0) is 165 Å². The van der Waals surface area contributed by atoms with E-state index in [1.807, 2.05) is 6.07 Å². The molecule has 0 amide bonds. The quantitative estimate of drug-likeness (QED) is 0.149. The lowest BCUT2D eigenvalue weighted by Gasteiger charge is -2.18. The first-order chi connectivity index (χ1) is 44.5. The first-order valence-electron chi connectivity index (χ1n) is 27.4. The van der Waals surface area contributed by atoms with Gasteiger partial charge in [0.15, 0.2) is 0 Å². The van der Waals surface area contributed by atoms with Crippen LogP contribution in [0, 0.1) is 11.3 Å². The summed E-state index contributed by atoms with van der Waals surface area (Å²) in [6.45, 7) is 0. The lowest BCUT2D eigenvalue weighted by atomic mass is 9.97. The van der Waals surface area contributed by atoms with Crippen LogP contribution >= 0.6 is 0 Å². The molecular formula is C68H30F24N4. The molecule has 0 saturated carbocycles. The molecule has 12 rings (SSSR count). The van der Waals surface area contributed by atoms with E-state index in [2.05, 4.69) is 0 Å². The molecule has 96 heavy (non-hydrogen) atoms. The average molecular weight is 1360 g/mol. The van der Waals surface area contributed by atoms with Crippen molar-refractivity contribution in [3.63, 3.8) is 0 Å². The van der Waals surface area contributed by atoms with Gasteiger partial charge in [0.2, 0.25) is 0 Å². The van der Waals surface area contributed by atoms with Gasteiger partial charge >= 0.3 is 49.4 Å². The topological polar surface area (TPSA) is 46.5 Å². The summed E-state index contributed by atoms with van der Waals surface area (Å²) in [7, 11) is 0. The van der Waals surface area contributed by atoms with Crippen LogP contribution in [0.5, 0.6) is 0 Å². The van der Waals surface area contributed by atoms with Crippen molar-refractivity contribution in [1.82, 2.24) is 14.1 Å². The summed E-state index contributed by atoms with van der Waals surface area (Å²) in [4.78, 5) is 4.71. The van der Waals surface area contributed by atoms with E-state index in [4.69, 9.17) is 4.98 Å². The molecule has 0 fully saturated rings. The minimum Gasteiger partial charge on any atom is -0.307 e. The van der Waals surface area contributed by atoms with Crippen molar-refractivity contribution in [2.75, 3.05) is 0 Å². The minimum absolute atomic E-state index is 0.00448. The van der Waals surface area contributed by atoms with Crippen molar-refractivity contribution >= 4 is 43.6 Å². The van der Waals surface area contributed by atoms with Gasteiger partial charge in [0.05, 0.1) is 90.1 Å². The Kier molecular flexibility index (Phi) is 15.3. The second kappa shape index (κ2) is 22.3. The zero-order chi connectivity index (χ0) is 69.5. The first-order valence-corrected chi connectivity index (χ1v) is 27.4. The third-order valence-corrected chi connectivity index (χ3v) is 15.9. The number of aromatic nitrogens is 3. The maximum absolute atomic E-state index is 14.4. The molecule has 0 aliphatic heterocycles. The highest BCUT2D eigenvalue weighted by atomic mass is 19.4. The number of nitriles is 1. The third kappa shape index (κ3) is 12.4. The SMILES string of the molecule is N#Cc1cccc(-c2cc(-n3c4cc(-c5cc(C(F)(F)F)cc(C(F)(F)F)c5)ccc4c4ccc(-c5cc(C(F)(F)F)cc(C(F)(F)F)c5)cc43)ncc2-n2c3cc(-c4cc(C(F)(F)F)cc(C(F)(F)F)c4)ccc3c3ccc(-c4cc(C(F)(F)F)cc(C(F)(F)F)c4)cc32)c1. The van der Waals surface area contributed by atoms with Gasteiger partial charge in [-0.15, -0.1) is 0 Å². The van der Waals surface area contributed by atoms with E-state index in [0.29, 0.717) is 48.5 Å². The van der Waals surface area contributed by atoms with Crippen LogP contribution in [0.25, 0.3) is 111 Å². The molecule has 28 heteroatoms. The van der Waals surface area contributed by atoms with Crippen molar-refractivity contribution in [3.8, 4) is 73.2 Å². The fraction of sp³-hybridized carbons (Fsp3) is 0.118. The molecule has 0 N–H and O–H groups in total. The van der Waals surface area contributed by atoms with Crippen LogP contribution in [0.4, 0.5) is 105 Å². The fourth-order valence-electron chi connectivity index (χ4n) is 11.5. The Balaban J connectivity index is 1.20. The van der Waals surface area contributed by atoms with Gasteiger partial charge < -0.3 is 4.57 Å². The van der Waals surface area contributed by atoms with E-state index < -0.39 is 116 Å². The molecule has 3 heterocycles. The van der Waals surface area contributed by atoms with Crippen LogP contribution in [-0.2, 0) is 49.4 Å². The molecule has 4 nitrogen and oxygen atoms in total. The Morgan fingerprint density at radius 3 is 0.802 bits per heavy atom. The molecule has 490 valence electrons. The molecule has 0 bridgehead atoms. The lowest BCUT2D eigenvalue weighted by molar-refractivity contribution is -0.144. The fourth-order valence-corrected chi connectivity index (χ4v) is 11.5. The van der Waals surface area contributed by atoms with Gasteiger partial charge in [-0.25, -0.2) is 4.98 Å². The van der Waals surface area contributed by atoms with E-state index >= 15 is 0 Å². The normalized spacial score (nSPS) is 13.2. The predicted molar refractivity (Wildman–Crippen MR) is 305 cm³/mol. The summed E-state index contributed by atoms with van der Waals surface area (Å²) in [5.74, 6) is -0.361. The summed E-state index contributed by atoms with van der Waals surface area (Å²) in [6, 6.07) is 24.8. The molecule has 0 atom stereocenters. The largest absolute Gasteiger partial charge is 0.416 e. The Morgan fingerprint density at radius 1 is 0.271 bits per heavy atom. The molecular weight excluding hydrogens is 1330 g/mol. The van der Waals surface area contributed by atoms with E-state index in [1.165, 1.54) is 59.2 Å². The van der Waals surface area contributed by atoms with Crippen LogP contribution < -0.4 is 0 Å².